The predicted molar refractivity (Wildman–Crippen MR) is 141 cm³/mol. The first-order valence-electron chi connectivity index (χ1n) is 12.3. The van der Waals surface area contributed by atoms with Crippen LogP contribution in [0.25, 0.3) is 0 Å². The van der Waals surface area contributed by atoms with Gasteiger partial charge in [-0.2, -0.15) is 0 Å². The summed E-state index contributed by atoms with van der Waals surface area (Å²) in [4.78, 5) is 36.5. The van der Waals surface area contributed by atoms with Gasteiger partial charge < -0.3 is 19.7 Å². The lowest BCUT2D eigenvalue weighted by atomic mass is 10.0. The lowest BCUT2D eigenvalue weighted by Gasteiger charge is -2.20. The number of pyridine rings is 1. The molecule has 2 aliphatic heterocycles. The molecular formula is C28H28N4O4S. The summed E-state index contributed by atoms with van der Waals surface area (Å²) in [6, 6.07) is 8.30. The molecule has 9 heteroatoms. The Kier molecular flexibility index (Phi) is 7.49. The maximum Gasteiger partial charge on any atom is 0.270 e. The molecule has 8 nitrogen and oxygen atoms in total. The van der Waals surface area contributed by atoms with E-state index in [9.17, 15) is 9.59 Å². The van der Waals surface area contributed by atoms with Gasteiger partial charge in [-0.3, -0.25) is 14.6 Å². The van der Waals surface area contributed by atoms with Crippen molar-refractivity contribution in [3.8, 4) is 17.6 Å². The summed E-state index contributed by atoms with van der Waals surface area (Å²) in [5.74, 6) is 6.74. The molecule has 1 saturated heterocycles. The number of fused-ring (bicyclic) bond motifs is 1. The van der Waals surface area contributed by atoms with Crippen LogP contribution in [0, 0.1) is 24.7 Å². The number of aryl methyl sites for hydroxylation is 1. The van der Waals surface area contributed by atoms with Crippen molar-refractivity contribution < 1.29 is 19.1 Å². The molecule has 1 fully saturated rings. The third-order valence-corrected chi connectivity index (χ3v) is 7.23. The number of aromatic nitrogens is 2. The van der Waals surface area contributed by atoms with Crippen molar-refractivity contribution in [3.63, 3.8) is 0 Å². The number of benzene rings is 1. The summed E-state index contributed by atoms with van der Waals surface area (Å²) in [6.45, 7) is 3.47. The van der Waals surface area contributed by atoms with Gasteiger partial charge in [0.2, 0.25) is 0 Å². The van der Waals surface area contributed by atoms with Crippen molar-refractivity contribution in [3.05, 3.63) is 69.4 Å². The molecule has 1 N–H and O–H groups in total. The summed E-state index contributed by atoms with van der Waals surface area (Å²) in [7, 11) is 1.68. The summed E-state index contributed by atoms with van der Waals surface area (Å²) in [5, 5.41) is 5.80. The molecule has 0 unspecified atom stereocenters. The maximum atomic E-state index is 13.3. The Bertz CT molecular complexity index is 1370. The van der Waals surface area contributed by atoms with Crippen LogP contribution in [0.15, 0.2) is 41.9 Å². The van der Waals surface area contributed by atoms with Gasteiger partial charge in [-0.15, -0.1) is 11.3 Å². The van der Waals surface area contributed by atoms with E-state index >= 15 is 0 Å². The van der Waals surface area contributed by atoms with Gasteiger partial charge in [0.25, 0.3) is 11.8 Å². The highest BCUT2D eigenvalue weighted by Crippen LogP contribution is 2.31. The van der Waals surface area contributed by atoms with Crippen molar-refractivity contribution >= 4 is 28.8 Å². The van der Waals surface area contributed by atoms with Crippen LogP contribution in [-0.4, -0.2) is 54.7 Å². The second kappa shape index (κ2) is 11.1. The lowest BCUT2D eigenvalue weighted by Crippen LogP contribution is -2.49. The minimum absolute atomic E-state index is 0.0206. The van der Waals surface area contributed by atoms with E-state index in [0.29, 0.717) is 23.8 Å². The first kappa shape index (κ1) is 24.9. The Balaban J connectivity index is 1.27. The second-order valence-corrected chi connectivity index (χ2v) is 10.2. The number of nitrogens with one attached hydrogen (secondary N) is 1. The predicted octanol–water partition coefficient (Wildman–Crippen LogP) is 3.37. The molecule has 0 radical (unpaired) electrons. The number of rotatable bonds is 4. The third-order valence-electron chi connectivity index (χ3n) is 6.41. The Labute approximate surface area is 220 Å². The third kappa shape index (κ3) is 5.98. The van der Waals surface area contributed by atoms with Crippen LogP contribution >= 0.6 is 11.3 Å². The molecule has 1 atom stereocenters. The number of hydrogen-bond donors (Lipinski definition) is 1. The molecule has 2 aliphatic rings. The van der Waals surface area contributed by atoms with E-state index in [1.165, 1.54) is 4.90 Å². The zero-order chi connectivity index (χ0) is 25.8. The van der Waals surface area contributed by atoms with Crippen LogP contribution < -0.4 is 15.0 Å². The van der Waals surface area contributed by atoms with E-state index in [0.717, 1.165) is 47.9 Å². The molecule has 0 saturated carbocycles. The molecule has 0 aliphatic carbocycles. The fraction of sp³-hybridized carbons (Fsp3) is 0.357. The summed E-state index contributed by atoms with van der Waals surface area (Å²) in [6.07, 6.45) is 4.07. The van der Waals surface area contributed by atoms with Crippen molar-refractivity contribution in [1.29, 1.82) is 0 Å². The van der Waals surface area contributed by atoms with Gasteiger partial charge in [-0.05, 0) is 55.7 Å². The molecule has 5 rings (SSSR count). The van der Waals surface area contributed by atoms with Gasteiger partial charge in [0.05, 0.1) is 16.4 Å². The smallest absolute Gasteiger partial charge is 0.270 e. The van der Waals surface area contributed by atoms with Gasteiger partial charge in [-0.1, -0.05) is 11.8 Å². The molecule has 37 heavy (non-hydrogen) atoms. The van der Waals surface area contributed by atoms with E-state index in [2.05, 4.69) is 27.1 Å². The first-order valence-corrected chi connectivity index (χ1v) is 13.1. The van der Waals surface area contributed by atoms with Crippen LogP contribution in [0.2, 0.25) is 0 Å². The molecule has 3 aromatic rings. The lowest BCUT2D eigenvalue weighted by molar-refractivity contribution is -0.120. The van der Waals surface area contributed by atoms with E-state index in [1.54, 1.807) is 30.6 Å². The van der Waals surface area contributed by atoms with Gasteiger partial charge in [0.15, 0.2) is 0 Å². The quantitative estimate of drug-likeness (QED) is 0.535. The minimum atomic E-state index is -0.853. The molecule has 1 aromatic carbocycles. The largest absolute Gasteiger partial charge is 0.489 e. The maximum absolute atomic E-state index is 13.3. The average Bonchev–Trinajstić information content (AvgIpc) is 3.29. The molecule has 2 amide bonds. The fourth-order valence-electron chi connectivity index (χ4n) is 4.35. The Morgan fingerprint density at radius 3 is 2.86 bits per heavy atom. The summed E-state index contributed by atoms with van der Waals surface area (Å²) < 4.78 is 11.3. The Morgan fingerprint density at radius 1 is 1.24 bits per heavy atom. The molecular weight excluding hydrogens is 488 g/mol. The molecule has 4 heterocycles. The number of anilines is 1. The van der Waals surface area contributed by atoms with Crippen LogP contribution in [0.1, 0.15) is 45.2 Å². The van der Waals surface area contributed by atoms with Gasteiger partial charge in [-0.25, -0.2) is 4.98 Å². The number of likely N-dealkylation sites (N-methyl/N-ethyl adjacent to an activating group) is 1. The standard InChI is InChI=1S/C28H28N4O4S/c1-18-30-22(17-37-18)13-21-7-10-29-23(14-21)27(33)31-24-16-36-26-6-5-20(15-25(26)32(2)28(24)34)4-3-19-8-11-35-12-9-19/h5-7,10,14-15,17,19,24H,8-9,11-13,16H2,1-2H3,(H,31,33)/t24-/m0/s1. The number of nitrogens with zero attached hydrogens (tertiary/aromatic N) is 3. The van der Waals surface area contributed by atoms with Crippen LogP contribution in [-0.2, 0) is 16.0 Å². The van der Waals surface area contributed by atoms with Crippen LogP contribution in [0.4, 0.5) is 5.69 Å². The van der Waals surface area contributed by atoms with Gasteiger partial charge >= 0.3 is 0 Å². The molecule has 190 valence electrons. The van der Waals surface area contributed by atoms with Crippen LogP contribution in [0.5, 0.6) is 5.75 Å². The van der Waals surface area contributed by atoms with Crippen molar-refractivity contribution in [2.45, 2.75) is 32.2 Å². The van der Waals surface area contributed by atoms with E-state index in [-0.39, 0.29) is 18.2 Å². The van der Waals surface area contributed by atoms with Crippen molar-refractivity contribution in [2.75, 3.05) is 31.8 Å². The zero-order valence-electron chi connectivity index (χ0n) is 20.8. The number of hydrogen-bond acceptors (Lipinski definition) is 7. The number of amides is 2. The van der Waals surface area contributed by atoms with E-state index < -0.39 is 11.9 Å². The average molecular weight is 517 g/mol. The second-order valence-electron chi connectivity index (χ2n) is 9.16. The SMILES string of the molecule is Cc1nc(Cc2ccnc(C(=O)N[C@H]3COc4ccc(C#CC5CCOCC5)cc4N(C)C3=O)c2)cs1. The van der Waals surface area contributed by atoms with Crippen molar-refractivity contribution in [1.82, 2.24) is 15.3 Å². The monoisotopic (exact) mass is 516 g/mol. The van der Waals surface area contributed by atoms with Crippen LogP contribution in [0.3, 0.4) is 0 Å². The fourth-order valence-corrected chi connectivity index (χ4v) is 4.96. The summed E-state index contributed by atoms with van der Waals surface area (Å²) >= 11 is 1.59. The molecule has 0 bridgehead atoms. The van der Waals surface area contributed by atoms with Gasteiger partial charge in [0, 0.05) is 49.7 Å². The minimum Gasteiger partial charge on any atom is -0.489 e. The summed E-state index contributed by atoms with van der Waals surface area (Å²) in [5.41, 5.74) is 3.55. The van der Waals surface area contributed by atoms with E-state index in [4.69, 9.17) is 9.47 Å². The number of thiazole rings is 1. The Morgan fingerprint density at radius 2 is 2.08 bits per heavy atom. The topological polar surface area (TPSA) is 93.7 Å². The number of carbonyl (C=O) groups is 2. The Hall–Kier alpha value is -3.74. The zero-order valence-corrected chi connectivity index (χ0v) is 21.6. The van der Waals surface area contributed by atoms with Gasteiger partial charge in [0.1, 0.15) is 24.1 Å². The molecule has 0 spiro atoms. The van der Waals surface area contributed by atoms with E-state index in [1.807, 2.05) is 36.6 Å². The number of ether oxygens (including phenoxy) is 2. The first-order chi connectivity index (χ1) is 18.0. The normalized spacial score (nSPS) is 17.7. The highest BCUT2D eigenvalue weighted by atomic mass is 32.1. The highest BCUT2D eigenvalue weighted by Gasteiger charge is 2.31. The number of carbonyl (C=O) groups excluding carboxylic acids is 2. The highest BCUT2D eigenvalue weighted by molar-refractivity contribution is 7.09. The van der Waals surface area contributed by atoms with Crippen molar-refractivity contribution in [2.24, 2.45) is 5.92 Å². The molecule has 2 aromatic heterocycles.